The van der Waals surface area contributed by atoms with Gasteiger partial charge in [0.15, 0.2) is 11.5 Å². The van der Waals surface area contributed by atoms with Gasteiger partial charge in [0, 0.05) is 43.2 Å². The zero-order valence-corrected chi connectivity index (χ0v) is 22.6. The van der Waals surface area contributed by atoms with Crippen LogP contribution in [-0.4, -0.2) is 52.6 Å². The maximum Gasteiger partial charge on any atom is 0.348 e. The van der Waals surface area contributed by atoms with Gasteiger partial charge in [-0.3, -0.25) is 14.6 Å². The molecule has 2 amide bonds. The van der Waals surface area contributed by atoms with Crippen molar-refractivity contribution < 1.29 is 23.5 Å². The first-order valence-electron chi connectivity index (χ1n) is 12.7. The van der Waals surface area contributed by atoms with Crippen LogP contribution in [0.4, 0.5) is 11.7 Å². The van der Waals surface area contributed by atoms with E-state index in [4.69, 9.17) is 13.9 Å². The Morgan fingerprint density at radius 3 is 2.65 bits per heavy atom. The molecular formula is C29H29N5O6. The number of ether oxygens (including phenoxy) is 2. The number of likely N-dealkylation sites (N-methyl/N-ethyl adjacent to an activating group) is 1. The second kappa shape index (κ2) is 10.7. The number of rotatable bonds is 8. The fraction of sp³-hybridized carbons (Fsp3) is 0.276. The van der Waals surface area contributed by atoms with Gasteiger partial charge in [0.1, 0.15) is 5.54 Å². The van der Waals surface area contributed by atoms with Gasteiger partial charge in [0.05, 0.1) is 10.9 Å². The minimum absolute atomic E-state index is 0.0782. The normalized spacial score (nSPS) is 12.3. The molecule has 0 fully saturated rings. The van der Waals surface area contributed by atoms with E-state index < -0.39 is 11.2 Å². The molecule has 40 heavy (non-hydrogen) atoms. The van der Waals surface area contributed by atoms with Crippen LogP contribution in [0, 0.1) is 6.92 Å². The molecule has 0 spiro atoms. The third-order valence-electron chi connectivity index (χ3n) is 6.67. The van der Waals surface area contributed by atoms with Crippen LogP contribution in [0.3, 0.4) is 0 Å². The number of fused-ring (bicyclic) bond motifs is 2. The molecule has 5 rings (SSSR count). The van der Waals surface area contributed by atoms with Crippen LogP contribution in [-0.2, 0) is 11.2 Å². The fourth-order valence-corrected chi connectivity index (χ4v) is 4.47. The standard InChI is InChI=1S/C29H29N5O6/c1-17-20(31-25(35)18-8-11-22-23(15-18)39-16-38-22)9-10-21-24(17)26(36)40-28(32-21)33-29(2,3)27(37)34(4)14-12-19-7-5-6-13-30-19/h5-11,13,15H,12,14,16H2,1-4H3,(H,31,35)(H,32,33). The van der Waals surface area contributed by atoms with E-state index in [-0.39, 0.29) is 30.0 Å². The van der Waals surface area contributed by atoms with Crippen LogP contribution < -0.4 is 25.7 Å². The highest BCUT2D eigenvalue weighted by molar-refractivity contribution is 6.06. The van der Waals surface area contributed by atoms with Gasteiger partial charge in [-0.1, -0.05) is 6.07 Å². The number of carbonyl (C=O) groups excluding carboxylic acids is 2. The first-order chi connectivity index (χ1) is 19.1. The van der Waals surface area contributed by atoms with E-state index in [9.17, 15) is 14.4 Å². The van der Waals surface area contributed by atoms with Gasteiger partial charge in [-0.25, -0.2) is 4.79 Å². The van der Waals surface area contributed by atoms with Crippen molar-refractivity contribution in [2.45, 2.75) is 32.7 Å². The molecule has 0 saturated heterocycles. The molecule has 2 aromatic carbocycles. The summed E-state index contributed by atoms with van der Waals surface area (Å²) in [7, 11) is 1.71. The maximum absolute atomic E-state index is 13.2. The fourth-order valence-electron chi connectivity index (χ4n) is 4.47. The number of aromatic nitrogens is 2. The van der Waals surface area contributed by atoms with Gasteiger partial charge in [0.25, 0.3) is 11.9 Å². The number of hydrogen-bond donors (Lipinski definition) is 2. The summed E-state index contributed by atoms with van der Waals surface area (Å²) in [6.07, 6.45) is 2.32. The molecule has 206 valence electrons. The average Bonchev–Trinajstić information content (AvgIpc) is 3.41. The predicted molar refractivity (Wildman–Crippen MR) is 149 cm³/mol. The minimum atomic E-state index is -1.11. The monoisotopic (exact) mass is 543 g/mol. The van der Waals surface area contributed by atoms with Gasteiger partial charge in [-0.2, -0.15) is 4.98 Å². The lowest BCUT2D eigenvalue weighted by Crippen LogP contribution is -2.49. The number of aryl methyl sites for hydroxylation is 1. The molecule has 4 aromatic rings. The Labute approximate surface area is 230 Å². The van der Waals surface area contributed by atoms with E-state index in [0.717, 1.165) is 5.69 Å². The highest BCUT2D eigenvalue weighted by Gasteiger charge is 2.32. The van der Waals surface area contributed by atoms with Crippen molar-refractivity contribution in [2.75, 3.05) is 31.0 Å². The van der Waals surface area contributed by atoms with E-state index in [2.05, 4.69) is 20.6 Å². The Morgan fingerprint density at radius 1 is 1.07 bits per heavy atom. The molecule has 0 radical (unpaired) electrons. The largest absolute Gasteiger partial charge is 0.454 e. The highest BCUT2D eigenvalue weighted by Crippen LogP contribution is 2.33. The Kier molecular flexibility index (Phi) is 7.12. The van der Waals surface area contributed by atoms with Gasteiger partial charge in [-0.15, -0.1) is 0 Å². The number of benzene rings is 2. The molecule has 2 aromatic heterocycles. The van der Waals surface area contributed by atoms with Crippen LogP contribution in [0.15, 0.2) is 63.9 Å². The topological polar surface area (TPSA) is 136 Å². The third-order valence-corrected chi connectivity index (χ3v) is 6.67. The van der Waals surface area contributed by atoms with Gasteiger partial charge in [0.2, 0.25) is 12.7 Å². The smallest absolute Gasteiger partial charge is 0.348 e. The average molecular weight is 544 g/mol. The summed E-state index contributed by atoms with van der Waals surface area (Å²) >= 11 is 0. The molecule has 11 heteroatoms. The molecule has 1 aliphatic rings. The summed E-state index contributed by atoms with van der Waals surface area (Å²) in [6, 6.07) is 13.8. The Morgan fingerprint density at radius 2 is 1.88 bits per heavy atom. The third kappa shape index (κ3) is 5.44. The summed E-state index contributed by atoms with van der Waals surface area (Å²) in [5.41, 5.74) is 0.824. The lowest BCUT2D eigenvalue weighted by Gasteiger charge is -2.30. The van der Waals surface area contributed by atoms with Crippen LogP contribution in [0.1, 0.15) is 35.5 Å². The summed E-state index contributed by atoms with van der Waals surface area (Å²) in [6.45, 7) is 5.66. The summed E-state index contributed by atoms with van der Waals surface area (Å²) in [4.78, 5) is 49.4. The molecule has 11 nitrogen and oxygen atoms in total. The Hall–Kier alpha value is -4.93. The first kappa shape index (κ1) is 26.7. The highest BCUT2D eigenvalue weighted by atomic mass is 16.7. The number of nitrogens with one attached hydrogen (secondary N) is 2. The van der Waals surface area contributed by atoms with Crippen molar-refractivity contribution in [3.8, 4) is 11.5 Å². The molecular weight excluding hydrogens is 514 g/mol. The van der Waals surface area contributed by atoms with Crippen molar-refractivity contribution in [2.24, 2.45) is 0 Å². The summed E-state index contributed by atoms with van der Waals surface area (Å²) < 4.78 is 16.1. The quantitative estimate of drug-likeness (QED) is 0.340. The zero-order valence-electron chi connectivity index (χ0n) is 22.6. The second-order valence-electron chi connectivity index (χ2n) is 10.0. The number of hydrogen-bond acceptors (Lipinski definition) is 9. The Bertz CT molecular complexity index is 1650. The number of amides is 2. The molecule has 3 heterocycles. The second-order valence-corrected chi connectivity index (χ2v) is 10.0. The van der Waals surface area contributed by atoms with Crippen molar-refractivity contribution in [3.05, 3.63) is 82.0 Å². The Balaban J connectivity index is 1.31. The summed E-state index contributed by atoms with van der Waals surface area (Å²) in [5, 5.41) is 6.02. The van der Waals surface area contributed by atoms with Crippen molar-refractivity contribution in [3.63, 3.8) is 0 Å². The SMILES string of the molecule is Cc1c(NC(=O)c2ccc3c(c2)OCO3)ccc2nc(NC(C)(C)C(=O)N(C)CCc3ccccn3)oc(=O)c12. The van der Waals surface area contributed by atoms with Crippen LogP contribution in [0.25, 0.3) is 10.9 Å². The van der Waals surface area contributed by atoms with Crippen molar-refractivity contribution in [1.82, 2.24) is 14.9 Å². The van der Waals surface area contributed by atoms with Gasteiger partial charge in [-0.05, 0) is 68.8 Å². The van der Waals surface area contributed by atoms with Crippen LogP contribution in [0.5, 0.6) is 11.5 Å². The molecule has 2 N–H and O–H groups in total. The molecule has 0 unspecified atom stereocenters. The van der Waals surface area contributed by atoms with E-state index in [0.29, 0.717) is 46.8 Å². The lowest BCUT2D eigenvalue weighted by atomic mass is 10.0. The molecule has 0 saturated carbocycles. The number of carbonyl (C=O) groups is 2. The van der Waals surface area contributed by atoms with E-state index in [1.807, 2.05) is 18.2 Å². The number of pyridine rings is 1. The number of nitrogens with zero attached hydrogens (tertiary/aromatic N) is 3. The van der Waals surface area contributed by atoms with Crippen molar-refractivity contribution >= 4 is 34.4 Å². The predicted octanol–water partition coefficient (Wildman–Crippen LogP) is 3.76. The van der Waals surface area contributed by atoms with Crippen molar-refractivity contribution in [1.29, 1.82) is 0 Å². The lowest BCUT2D eigenvalue weighted by molar-refractivity contribution is -0.133. The van der Waals surface area contributed by atoms with E-state index in [1.165, 1.54) is 0 Å². The molecule has 0 atom stereocenters. The minimum Gasteiger partial charge on any atom is -0.454 e. The molecule has 0 bridgehead atoms. The first-order valence-corrected chi connectivity index (χ1v) is 12.7. The van der Waals surface area contributed by atoms with Crippen LogP contribution >= 0.6 is 0 Å². The van der Waals surface area contributed by atoms with Gasteiger partial charge >= 0.3 is 5.63 Å². The zero-order chi connectivity index (χ0) is 28.4. The van der Waals surface area contributed by atoms with E-state index >= 15 is 0 Å². The maximum atomic E-state index is 13.2. The molecule has 1 aliphatic heterocycles. The van der Waals surface area contributed by atoms with Crippen LogP contribution in [0.2, 0.25) is 0 Å². The van der Waals surface area contributed by atoms with Gasteiger partial charge < -0.3 is 29.4 Å². The number of anilines is 2. The molecule has 0 aliphatic carbocycles. The van der Waals surface area contributed by atoms with E-state index in [1.54, 1.807) is 69.2 Å². The summed E-state index contributed by atoms with van der Waals surface area (Å²) in [5.74, 6) is 0.496.